The Hall–Kier alpha value is -2.57. The van der Waals surface area contributed by atoms with Crippen LogP contribution >= 0.6 is 0 Å². The number of carbonyl (C=O) groups is 1. The van der Waals surface area contributed by atoms with Crippen molar-refractivity contribution in [1.29, 1.82) is 0 Å². The summed E-state index contributed by atoms with van der Waals surface area (Å²) in [7, 11) is -4.39. The number of sulfonamides is 1. The summed E-state index contributed by atoms with van der Waals surface area (Å²) in [5.41, 5.74) is -3.56. The summed E-state index contributed by atoms with van der Waals surface area (Å²) in [5, 5.41) is 10.3. The molecule has 4 rings (SSSR count). The maximum atomic E-state index is 15.6. The van der Waals surface area contributed by atoms with Gasteiger partial charge in [0.25, 0.3) is 5.91 Å². The molecule has 0 bridgehead atoms. The Kier molecular flexibility index (Phi) is 6.67. The Balaban J connectivity index is 1.79. The van der Waals surface area contributed by atoms with E-state index >= 15 is 4.39 Å². The van der Waals surface area contributed by atoms with Gasteiger partial charge in [-0.1, -0.05) is 0 Å². The van der Waals surface area contributed by atoms with Gasteiger partial charge in [0.1, 0.15) is 28.9 Å². The average Bonchev–Trinajstić information content (AvgIpc) is 3.49. The topological polar surface area (TPSA) is 86.7 Å². The maximum Gasteiger partial charge on any atom is 0.254 e. The SMILES string of the molecule is CC(C)(O)C(=O)N1CC2(CC2)[C@H](NS(=O)(=O)CF)[C@@H]1Cc1cc(F)cc(-c2cc(F)cc(F)c2)c1F. The molecule has 2 fully saturated rings. The van der Waals surface area contributed by atoms with Gasteiger partial charge in [-0.25, -0.2) is 35.1 Å². The van der Waals surface area contributed by atoms with E-state index in [0.29, 0.717) is 18.9 Å². The molecule has 1 saturated carbocycles. The Bertz CT molecular complexity index is 1290. The number of benzene rings is 2. The van der Waals surface area contributed by atoms with Crippen molar-refractivity contribution < 1.29 is 40.3 Å². The van der Waals surface area contributed by atoms with Crippen molar-refractivity contribution in [3.8, 4) is 11.1 Å². The highest BCUT2D eigenvalue weighted by Gasteiger charge is 2.62. The monoisotopic (exact) mass is 532 g/mol. The molecule has 1 spiro atoms. The van der Waals surface area contributed by atoms with Crippen molar-refractivity contribution in [2.24, 2.45) is 5.41 Å². The van der Waals surface area contributed by atoms with Gasteiger partial charge in [-0.15, -0.1) is 0 Å². The van der Waals surface area contributed by atoms with Crippen LogP contribution in [0.1, 0.15) is 32.3 Å². The molecule has 2 N–H and O–H groups in total. The molecule has 12 heteroatoms. The lowest BCUT2D eigenvalue weighted by atomic mass is 9.91. The first-order valence-electron chi connectivity index (χ1n) is 11.2. The number of nitrogens with zero attached hydrogens (tertiary/aromatic N) is 1. The Morgan fingerprint density at radius 1 is 1.08 bits per heavy atom. The van der Waals surface area contributed by atoms with E-state index < -0.39 is 80.3 Å². The van der Waals surface area contributed by atoms with Crippen LogP contribution in [0.3, 0.4) is 0 Å². The number of aliphatic hydroxyl groups is 1. The van der Waals surface area contributed by atoms with Crippen LogP contribution in [0.2, 0.25) is 0 Å². The lowest BCUT2D eigenvalue weighted by Crippen LogP contribution is -2.53. The Morgan fingerprint density at radius 2 is 1.67 bits per heavy atom. The van der Waals surface area contributed by atoms with Crippen molar-refractivity contribution in [2.75, 3.05) is 12.6 Å². The number of carbonyl (C=O) groups excluding carboxylic acids is 1. The molecule has 0 aromatic heterocycles. The molecular formula is C24H25F5N2O4S. The molecule has 36 heavy (non-hydrogen) atoms. The van der Waals surface area contributed by atoms with E-state index in [-0.39, 0.29) is 17.7 Å². The molecule has 1 heterocycles. The summed E-state index contributed by atoms with van der Waals surface area (Å²) < 4.78 is 97.3. The van der Waals surface area contributed by atoms with Crippen LogP contribution in [-0.2, 0) is 21.2 Å². The highest BCUT2D eigenvalue weighted by molar-refractivity contribution is 7.89. The summed E-state index contributed by atoms with van der Waals surface area (Å²) in [6, 6.07) is 0.0337. The van der Waals surface area contributed by atoms with Crippen LogP contribution in [0.4, 0.5) is 22.0 Å². The van der Waals surface area contributed by atoms with Crippen molar-refractivity contribution in [1.82, 2.24) is 9.62 Å². The second-order valence-electron chi connectivity index (χ2n) is 10.0. The van der Waals surface area contributed by atoms with E-state index in [0.717, 1.165) is 24.3 Å². The molecule has 1 saturated heterocycles. The Labute approximate surface area is 205 Å². The van der Waals surface area contributed by atoms with Gasteiger partial charge in [-0.2, -0.15) is 0 Å². The molecule has 2 aliphatic rings. The number of alkyl halides is 1. The lowest BCUT2D eigenvalue weighted by molar-refractivity contribution is -0.149. The number of hydrogen-bond acceptors (Lipinski definition) is 4. The minimum Gasteiger partial charge on any atom is -0.381 e. The third-order valence-electron chi connectivity index (χ3n) is 6.77. The van der Waals surface area contributed by atoms with Crippen LogP contribution in [0.5, 0.6) is 0 Å². The van der Waals surface area contributed by atoms with E-state index in [1.165, 1.54) is 18.7 Å². The van der Waals surface area contributed by atoms with Crippen molar-refractivity contribution >= 4 is 15.9 Å². The van der Waals surface area contributed by atoms with E-state index in [4.69, 9.17) is 0 Å². The van der Waals surface area contributed by atoms with Gasteiger partial charge in [-0.05, 0) is 68.5 Å². The second kappa shape index (κ2) is 9.07. The molecule has 0 unspecified atom stereocenters. The molecule has 1 aliphatic heterocycles. The minimum atomic E-state index is -4.39. The first kappa shape index (κ1) is 26.5. The number of nitrogens with one attached hydrogen (secondary N) is 1. The molecule has 1 amide bonds. The largest absolute Gasteiger partial charge is 0.381 e. The predicted octanol–water partition coefficient (Wildman–Crippen LogP) is 3.43. The molecule has 2 aromatic carbocycles. The fourth-order valence-corrected chi connectivity index (χ4v) is 5.80. The molecule has 196 valence electrons. The van der Waals surface area contributed by atoms with E-state index in [1.807, 2.05) is 0 Å². The summed E-state index contributed by atoms with van der Waals surface area (Å²) in [5.74, 6) is -4.69. The molecular weight excluding hydrogens is 507 g/mol. The molecule has 0 radical (unpaired) electrons. The third-order valence-corrected chi connectivity index (χ3v) is 7.67. The first-order valence-corrected chi connectivity index (χ1v) is 12.8. The summed E-state index contributed by atoms with van der Waals surface area (Å²) in [6.45, 7) is 2.51. The van der Waals surface area contributed by atoms with E-state index in [2.05, 4.69) is 4.72 Å². The number of hydrogen-bond donors (Lipinski definition) is 2. The average molecular weight is 533 g/mol. The molecule has 2 atom stereocenters. The van der Waals surface area contributed by atoms with Crippen molar-refractivity contribution in [3.63, 3.8) is 0 Å². The number of rotatable bonds is 7. The first-order chi connectivity index (χ1) is 16.7. The third kappa shape index (κ3) is 5.12. The summed E-state index contributed by atoms with van der Waals surface area (Å²) >= 11 is 0. The predicted molar refractivity (Wildman–Crippen MR) is 121 cm³/mol. The van der Waals surface area contributed by atoms with Crippen LogP contribution in [0.15, 0.2) is 30.3 Å². The second-order valence-corrected chi connectivity index (χ2v) is 11.7. The lowest BCUT2D eigenvalue weighted by Gasteiger charge is -2.32. The zero-order valence-corrected chi connectivity index (χ0v) is 20.3. The fourth-order valence-electron chi connectivity index (χ4n) is 4.94. The van der Waals surface area contributed by atoms with Crippen molar-refractivity contribution in [3.05, 3.63) is 59.2 Å². The van der Waals surface area contributed by atoms with E-state index in [9.17, 15) is 35.9 Å². The number of likely N-dealkylation sites (tertiary alicyclic amines) is 1. The van der Waals surface area contributed by atoms with Crippen LogP contribution in [0, 0.1) is 28.7 Å². The molecule has 1 aliphatic carbocycles. The van der Waals surface area contributed by atoms with Crippen LogP contribution < -0.4 is 4.72 Å². The zero-order valence-electron chi connectivity index (χ0n) is 19.5. The number of halogens is 5. The van der Waals surface area contributed by atoms with Gasteiger partial charge in [0.2, 0.25) is 16.0 Å². The minimum absolute atomic E-state index is 0.0266. The standard InChI is InChI=1S/C24H25F5N2O4S/c1-23(2,33)22(32)31-11-24(3-4-24)21(30-36(34,35)12-25)19(31)8-14-7-17(28)10-18(20(14)29)13-5-15(26)9-16(27)6-13/h5-7,9-10,19,21,30,33H,3-4,8,11-12H2,1-2H3/t19-,21+/m0/s1. The fraction of sp³-hybridized carbons (Fsp3) is 0.458. The Morgan fingerprint density at radius 3 is 2.19 bits per heavy atom. The molecule has 2 aromatic rings. The normalized spacial score (nSPS) is 21.3. The van der Waals surface area contributed by atoms with Gasteiger partial charge in [0.15, 0.2) is 0 Å². The number of amides is 1. The van der Waals surface area contributed by atoms with Gasteiger partial charge in [0, 0.05) is 29.6 Å². The molecule has 6 nitrogen and oxygen atoms in total. The maximum absolute atomic E-state index is 15.6. The highest BCUT2D eigenvalue weighted by atomic mass is 32.2. The van der Waals surface area contributed by atoms with E-state index in [1.54, 1.807) is 0 Å². The van der Waals surface area contributed by atoms with Crippen LogP contribution in [0.25, 0.3) is 11.1 Å². The summed E-state index contributed by atoms with van der Waals surface area (Å²) in [4.78, 5) is 14.3. The quantitative estimate of drug-likeness (QED) is 0.535. The van der Waals surface area contributed by atoms with Gasteiger partial charge in [-0.3, -0.25) is 4.79 Å². The van der Waals surface area contributed by atoms with Gasteiger partial charge in [0.05, 0.1) is 6.04 Å². The van der Waals surface area contributed by atoms with Gasteiger partial charge >= 0.3 is 0 Å². The van der Waals surface area contributed by atoms with Gasteiger partial charge < -0.3 is 10.0 Å². The zero-order chi connectivity index (χ0) is 26.6. The smallest absolute Gasteiger partial charge is 0.254 e. The van der Waals surface area contributed by atoms with Crippen LogP contribution in [-0.4, -0.2) is 54.6 Å². The van der Waals surface area contributed by atoms with Crippen molar-refractivity contribution in [2.45, 2.75) is 50.8 Å². The summed E-state index contributed by atoms with van der Waals surface area (Å²) in [6.07, 6.45) is 0.591. The highest BCUT2D eigenvalue weighted by Crippen LogP contribution is 2.56.